The third-order valence-electron chi connectivity index (χ3n) is 6.44. The molecule has 2 saturated heterocycles. The average Bonchev–Trinajstić information content (AvgIpc) is 3.45. The summed E-state index contributed by atoms with van der Waals surface area (Å²) >= 11 is 0. The van der Waals surface area contributed by atoms with Crippen LogP contribution in [0.1, 0.15) is 56.7 Å². The molecule has 0 bridgehead atoms. The maximum absolute atomic E-state index is 12.5. The monoisotopic (exact) mass is 387 g/mol. The van der Waals surface area contributed by atoms with Gasteiger partial charge in [0.1, 0.15) is 5.76 Å². The number of nitrogens with one attached hydrogen (secondary N) is 1. The molecule has 3 fully saturated rings. The lowest BCUT2D eigenvalue weighted by Gasteiger charge is -2.26. The molecular weight excluding hydrogens is 358 g/mol. The Morgan fingerprint density at radius 1 is 1.11 bits per heavy atom. The molecule has 2 aliphatic heterocycles. The maximum Gasteiger partial charge on any atom is 0.233 e. The summed E-state index contributed by atoms with van der Waals surface area (Å²) in [6, 6.07) is 3.84. The molecule has 0 aromatic carbocycles. The number of amides is 3. The van der Waals surface area contributed by atoms with Crippen LogP contribution in [0.25, 0.3) is 0 Å². The summed E-state index contributed by atoms with van der Waals surface area (Å²) in [4.78, 5) is 41.1. The molecule has 3 aliphatic rings. The SMILES string of the molecule is O=C(CCN1C(=O)[C@H]2CCCC[C@H]2C1=O)NC[C@@H](c1ccco1)N1CCCC1. The quantitative estimate of drug-likeness (QED) is 0.725. The maximum atomic E-state index is 12.5. The molecule has 0 radical (unpaired) electrons. The van der Waals surface area contributed by atoms with Crippen LogP contribution in [-0.2, 0) is 14.4 Å². The van der Waals surface area contributed by atoms with Crippen molar-refractivity contribution in [3.8, 4) is 0 Å². The fourth-order valence-corrected chi connectivity index (χ4v) is 4.91. The van der Waals surface area contributed by atoms with Crippen molar-refractivity contribution in [3.63, 3.8) is 0 Å². The van der Waals surface area contributed by atoms with E-state index in [2.05, 4.69) is 10.2 Å². The van der Waals surface area contributed by atoms with Gasteiger partial charge in [-0.25, -0.2) is 0 Å². The second kappa shape index (κ2) is 8.47. The van der Waals surface area contributed by atoms with E-state index in [1.54, 1.807) is 6.26 Å². The Balaban J connectivity index is 1.29. The van der Waals surface area contributed by atoms with Crippen molar-refractivity contribution >= 4 is 17.7 Å². The van der Waals surface area contributed by atoms with Crippen molar-refractivity contribution < 1.29 is 18.8 Å². The average molecular weight is 387 g/mol. The van der Waals surface area contributed by atoms with Gasteiger partial charge < -0.3 is 9.73 Å². The van der Waals surface area contributed by atoms with Crippen LogP contribution >= 0.6 is 0 Å². The van der Waals surface area contributed by atoms with Gasteiger partial charge in [-0.1, -0.05) is 12.8 Å². The van der Waals surface area contributed by atoms with Gasteiger partial charge in [0.2, 0.25) is 17.7 Å². The van der Waals surface area contributed by atoms with Gasteiger partial charge in [-0.3, -0.25) is 24.2 Å². The zero-order chi connectivity index (χ0) is 19.5. The number of carbonyl (C=O) groups excluding carboxylic acids is 3. The van der Waals surface area contributed by atoms with Crippen molar-refractivity contribution in [2.75, 3.05) is 26.2 Å². The van der Waals surface area contributed by atoms with Crippen LogP contribution in [0.4, 0.5) is 0 Å². The Morgan fingerprint density at radius 3 is 2.39 bits per heavy atom. The highest BCUT2D eigenvalue weighted by molar-refractivity contribution is 6.05. The second-order valence-corrected chi connectivity index (χ2v) is 8.15. The molecule has 7 nitrogen and oxygen atoms in total. The molecule has 152 valence electrons. The molecule has 3 atom stereocenters. The first-order valence-electron chi connectivity index (χ1n) is 10.5. The number of rotatable bonds is 7. The van der Waals surface area contributed by atoms with E-state index >= 15 is 0 Å². The van der Waals surface area contributed by atoms with Gasteiger partial charge in [0.15, 0.2) is 0 Å². The molecule has 1 N–H and O–H groups in total. The van der Waals surface area contributed by atoms with Gasteiger partial charge in [0.05, 0.1) is 24.1 Å². The standard InChI is InChI=1S/C21H29N3O4/c25-19(9-12-24-20(26)15-6-1-2-7-16(15)21(24)27)22-14-17(18-8-5-13-28-18)23-10-3-4-11-23/h5,8,13,15-17H,1-4,6-7,9-12,14H2,(H,22,25)/t15-,16+,17-/m0/s1. The molecule has 4 rings (SSSR count). The summed E-state index contributed by atoms with van der Waals surface area (Å²) in [6.45, 7) is 2.66. The van der Waals surface area contributed by atoms with Crippen LogP contribution in [0.3, 0.4) is 0 Å². The fraction of sp³-hybridized carbons (Fsp3) is 0.667. The summed E-state index contributed by atoms with van der Waals surface area (Å²) in [6.07, 6.45) is 7.76. The van der Waals surface area contributed by atoms with Gasteiger partial charge in [0, 0.05) is 19.5 Å². The van der Waals surface area contributed by atoms with E-state index in [9.17, 15) is 14.4 Å². The molecule has 1 aliphatic carbocycles. The number of furan rings is 1. The first kappa shape index (κ1) is 19.2. The zero-order valence-corrected chi connectivity index (χ0v) is 16.3. The van der Waals surface area contributed by atoms with Crippen molar-refractivity contribution in [1.82, 2.24) is 15.1 Å². The van der Waals surface area contributed by atoms with E-state index in [0.29, 0.717) is 6.54 Å². The van der Waals surface area contributed by atoms with E-state index in [0.717, 1.165) is 57.4 Å². The Labute approximate surface area is 165 Å². The third-order valence-corrected chi connectivity index (χ3v) is 6.44. The summed E-state index contributed by atoms with van der Waals surface area (Å²) in [5.74, 6) is 0.272. The number of hydrogen-bond donors (Lipinski definition) is 1. The highest BCUT2D eigenvalue weighted by Gasteiger charge is 2.47. The van der Waals surface area contributed by atoms with Gasteiger partial charge in [0.25, 0.3) is 0 Å². The fourth-order valence-electron chi connectivity index (χ4n) is 4.91. The molecule has 1 aromatic heterocycles. The molecule has 1 saturated carbocycles. The van der Waals surface area contributed by atoms with Crippen molar-refractivity contribution in [1.29, 1.82) is 0 Å². The molecular formula is C21H29N3O4. The normalized spacial score (nSPS) is 26.5. The van der Waals surface area contributed by atoms with Crippen molar-refractivity contribution in [2.24, 2.45) is 11.8 Å². The smallest absolute Gasteiger partial charge is 0.233 e. The largest absolute Gasteiger partial charge is 0.468 e. The molecule has 28 heavy (non-hydrogen) atoms. The minimum Gasteiger partial charge on any atom is -0.468 e. The van der Waals surface area contributed by atoms with Crippen molar-refractivity contribution in [2.45, 2.75) is 51.0 Å². The predicted molar refractivity (Wildman–Crippen MR) is 102 cm³/mol. The van der Waals surface area contributed by atoms with E-state index in [1.165, 1.54) is 4.90 Å². The first-order chi connectivity index (χ1) is 13.6. The number of imide groups is 1. The van der Waals surface area contributed by atoms with Crippen LogP contribution in [0.5, 0.6) is 0 Å². The van der Waals surface area contributed by atoms with Crippen LogP contribution in [0, 0.1) is 11.8 Å². The summed E-state index contributed by atoms with van der Waals surface area (Å²) in [5.41, 5.74) is 0. The Kier molecular flexibility index (Phi) is 5.80. The molecule has 3 heterocycles. The number of likely N-dealkylation sites (tertiary alicyclic amines) is 2. The number of carbonyl (C=O) groups is 3. The highest BCUT2D eigenvalue weighted by atomic mass is 16.3. The van der Waals surface area contributed by atoms with Gasteiger partial charge >= 0.3 is 0 Å². The molecule has 0 spiro atoms. The Bertz CT molecular complexity index is 687. The summed E-state index contributed by atoms with van der Waals surface area (Å²) in [5, 5.41) is 2.97. The first-order valence-corrected chi connectivity index (χ1v) is 10.5. The van der Waals surface area contributed by atoms with Crippen LogP contribution in [-0.4, -0.2) is 53.7 Å². The molecule has 3 amide bonds. The highest BCUT2D eigenvalue weighted by Crippen LogP contribution is 2.38. The minimum absolute atomic E-state index is 0.0272. The summed E-state index contributed by atoms with van der Waals surface area (Å²) in [7, 11) is 0. The predicted octanol–water partition coefficient (Wildman–Crippen LogP) is 2.10. The number of hydrogen-bond acceptors (Lipinski definition) is 5. The number of fused-ring (bicyclic) bond motifs is 1. The van der Waals surface area contributed by atoms with Crippen molar-refractivity contribution in [3.05, 3.63) is 24.2 Å². The van der Waals surface area contributed by atoms with Gasteiger partial charge in [-0.2, -0.15) is 0 Å². The van der Waals surface area contributed by atoms with Gasteiger partial charge in [-0.15, -0.1) is 0 Å². The minimum atomic E-state index is -0.150. The summed E-state index contributed by atoms with van der Waals surface area (Å²) < 4.78 is 5.57. The third kappa shape index (κ3) is 3.85. The van der Waals surface area contributed by atoms with E-state index in [4.69, 9.17) is 4.42 Å². The molecule has 0 unspecified atom stereocenters. The Morgan fingerprint density at radius 2 is 1.79 bits per heavy atom. The van der Waals surface area contributed by atoms with Crippen LogP contribution in [0.15, 0.2) is 22.8 Å². The molecule has 1 aromatic rings. The lowest BCUT2D eigenvalue weighted by Crippen LogP contribution is -2.39. The molecule has 7 heteroatoms. The van der Waals surface area contributed by atoms with Crippen LogP contribution < -0.4 is 5.32 Å². The van der Waals surface area contributed by atoms with E-state index in [-0.39, 0.29) is 48.6 Å². The van der Waals surface area contributed by atoms with Gasteiger partial charge in [-0.05, 0) is 50.9 Å². The topological polar surface area (TPSA) is 82.9 Å². The van der Waals surface area contributed by atoms with E-state index < -0.39 is 0 Å². The Hall–Kier alpha value is -2.15. The lowest BCUT2D eigenvalue weighted by atomic mass is 9.81. The van der Waals surface area contributed by atoms with Crippen LogP contribution in [0.2, 0.25) is 0 Å². The zero-order valence-electron chi connectivity index (χ0n) is 16.3. The lowest BCUT2D eigenvalue weighted by molar-refractivity contribution is -0.140. The number of nitrogens with zero attached hydrogens (tertiary/aromatic N) is 2. The second-order valence-electron chi connectivity index (χ2n) is 8.15. The van der Waals surface area contributed by atoms with E-state index in [1.807, 2.05) is 12.1 Å².